The fraction of sp³-hybridized carbons (Fsp3) is 0.231. The highest BCUT2D eigenvalue weighted by molar-refractivity contribution is 9.10. The zero-order chi connectivity index (χ0) is 14.0. The highest BCUT2D eigenvalue weighted by Gasteiger charge is 2.30. The molecular weight excluding hydrogens is 328 g/mol. The Morgan fingerprint density at radius 3 is 2.84 bits per heavy atom. The van der Waals surface area contributed by atoms with Crippen LogP contribution in [0.4, 0.5) is 0 Å². The van der Waals surface area contributed by atoms with Crippen LogP contribution in [0.5, 0.6) is 0 Å². The van der Waals surface area contributed by atoms with E-state index in [1.165, 1.54) is 7.11 Å². The van der Waals surface area contributed by atoms with Crippen molar-refractivity contribution < 1.29 is 9.53 Å². The predicted octanol–water partition coefficient (Wildman–Crippen LogP) is 2.41. The van der Waals surface area contributed by atoms with E-state index in [0.717, 1.165) is 10.0 Å². The van der Waals surface area contributed by atoms with Gasteiger partial charge in [0.15, 0.2) is 5.11 Å². The maximum Gasteiger partial charge on any atom is 0.337 e. The number of nitrogens with one attached hydrogen (secondary N) is 2. The highest BCUT2D eigenvalue weighted by atomic mass is 79.9. The number of esters is 1. The molecule has 0 bridgehead atoms. The summed E-state index contributed by atoms with van der Waals surface area (Å²) in [4.78, 5) is 11.9. The Hall–Kier alpha value is -1.40. The van der Waals surface area contributed by atoms with Gasteiger partial charge >= 0.3 is 5.97 Å². The minimum Gasteiger partial charge on any atom is -0.466 e. The Kier molecular flexibility index (Phi) is 4.21. The zero-order valence-corrected chi connectivity index (χ0v) is 12.9. The second kappa shape index (κ2) is 5.71. The fourth-order valence-electron chi connectivity index (χ4n) is 2.01. The summed E-state index contributed by atoms with van der Waals surface area (Å²) < 4.78 is 5.79. The van der Waals surface area contributed by atoms with E-state index in [0.29, 0.717) is 16.4 Å². The molecule has 19 heavy (non-hydrogen) atoms. The van der Waals surface area contributed by atoms with Crippen molar-refractivity contribution in [3.63, 3.8) is 0 Å². The summed E-state index contributed by atoms with van der Waals surface area (Å²) in [5.74, 6) is -0.370. The molecule has 1 unspecified atom stereocenters. The number of halogens is 1. The Morgan fingerprint density at radius 1 is 1.47 bits per heavy atom. The summed E-state index contributed by atoms with van der Waals surface area (Å²) in [6.45, 7) is 1.81. The largest absolute Gasteiger partial charge is 0.466 e. The molecule has 1 aliphatic heterocycles. The molecule has 0 spiro atoms. The molecule has 0 aliphatic carbocycles. The van der Waals surface area contributed by atoms with E-state index in [1.54, 1.807) is 0 Å². The molecule has 6 heteroatoms. The van der Waals surface area contributed by atoms with Crippen molar-refractivity contribution in [3.8, 4) is 0 Å². The van der Waals surface area contributed by atoms with Crippen molar-refractivity contribution in [2.75, 3.05) is 7.11 Å². The van der Waals surface area contributed by atoms with Crippen molar-refractivity contribution in [3.05, 3.63) is 45.6 Å². The topological polar surface area (TPSA) is 50.4 Å². The zero-order valence-electron chi connectivity index (χ0n) is 10.5. The van der Waals surface area contributed by atoms with Gasteiger partial charge in [-0.3, -0.25) is 0 Å². The van der Waals surface area contributed by atoms with Gasteiger partial charge in [-0.2, -0.15) is 0 Å². The Bertz CT molecular complexity index is 572. The van der Waals surface area contributed by atoms with Crippen molar-refractivity contribution >= 4 is 39.2 Å². The van der Waals surface area contributed by atoms with E-state index >= 15 is 0 Å². The van der Waals surface area contributed by atoms with Gasteiger partial charge in [0.05, 0.1) is 18.7 Å². The van der Waals surface area contributed by atoms with E-state index in [9.17, 15) is 4.79 Å². The molecule has 0 saturated heterocycles. The lowest BCUT2D eigenvalue weighted by molar-refractivity contribution is -0.136. The number of benzene rings is 1. The average Bonchev–Trinajstić information content (AvgIpc) is 2.37. The maximum absolute atomic E-state index is 11.9. The third kappa shape index (κ3) is 2.96. The number of allylic oxidation sites excluding steroid dienone is 1. The summed E-state index contributed by atoms with van der Waals surface area (Å²) >= 11 is 8.57. The lowest BCUT2D eigenvalue weighted by Crippen LogP contribution is -2.45. The third-order valence-electron chi connectivity index (χ3n) is 2.86. The fourth-order valence-corrected chi connectivity index (χ4v) is 2.70. The molecule has 1 aromatic rings. The molecule has 0 aromatic heterocycles. The lowest BCUT2D eigenvalue weighted by Gasteiger charge is -2.29. The summed E-state index contributed by atoms with van der Waals surface area (Å²) in [5, 5.41) is 6.54. The van der Waals surface area contributed by atoms with Crippen molar-refractivity contribution in [2.45, 2.75) is 13.0 Å². The molecule has 1 aromatic carbocycles. The van der Waals surface area contributed by atoms with Gasteiger partial charge in [0.1, 0.15) is 0 Å². The number of hydrogen-bond acceptors (Lipinski definition) is 3. The first-order valence-electron chi connectivity index (χ1n) is 5.65. The molecule has 2 N–H and O–H groups in total. The first-order valence-corrected chi connectivity index (χ1v) is 6.85. The number of rotatable bonds is 2. The van der Waals surface area contributed by atoms with Crippen LogP contribution < -0.4 is 10.6 Å². The quantitative estimate of drug-likeness (QED) is 0.639. The first-order chi connectivity index (χ1) is 9.02. The first kappa shape index (κ1) is 14.0. The van der Waals surface area contributed by atoms with E-state index < -0.39 is 0 Å². The molecular formula is C13H13BrN2O2S. The average molecular weight is 341 g/mol. The standard InChI is InChI=1S/C13H13BrN2O2S/c1-7-10(12(17)18-2)11(16-13(19)15-7)8-4-3-5-9(14)6-8/h3-6,11H,1-2H3,(H2,15,16,19). The van der Waals surface area contributed by atoms with Crippen molar-refractivity contribution in [2.24, 2.45) is 0 Å². The van der Waals surface area contributed by atoms with E-state index in [1.807, 2.05) is 31.2 Å². The van der Waals surface area contributed by atoms with Gasteiger partial charge in [-0.1, -0.05) is 28.1 Å². The van der Waals surface area contributed by atoms with Crippen LogP contribution >= 0.6 is 28.1 Å². The van der Waals surface area contributed by atoms with Crippen LogP contribution in [0.1, 0.15) is 18.5 Å². The third-order valence-corrected chi connectivity index (χ3v) is 3.57. The van der Waals surface area contributed by atoms with Gasteiger partial charge in [0.2, 0.25) is 0 Å². The smallest absolute Gasteiger partial charge is 0.337 e. The number of hydrogen-bond donors (Lipinski definition) is 2. The number of thiocarbonyl (C=S) groups is 1. The molecule has 1 heterocycles. The van der Waals surface area contributed by atoms with Gasteiger partial charge in [-0.05, 0) is 36.8 Å². The second-order valence-corrected chi connectivity index (χ2v) is 5.44. The summed E-state index contributed by atoms with van der Waals surface area (Å²) in [6.07, 6.45) is 0. The normalized spacial score (nSPS) is 18.7. The van der Waals surface area contributed by atoms with E-state index in [-0.39, 0.29) is 12.0 Å². The van der Waals surface area contributed by atoms with Crippen LogP contribution in [0.15, 0.2) is 40.0 Å². The maximum atomic E-state index is 11.9. The van der Waals surface area contributed by atoms with E-state index in [4.69, 9.17) is 17.0 Å². The number of ether oxygens (including phenoxy) is 1. The van der Waals surface area contributed by atoms with Crippen molar-refractivity contribution in [1.29, 1.82) is 0 Å². The number of carbonyl (C=O) groups excluding carboxylic acids is 1. The summed E-state index contributed by atoms with van der Waals surface area (Å²) in [7, 11) is 1.37. The van der Waals surface area contributed by atoms with Gasteiger partial charge in [0.25, 0.3) is 0 Å². The van der Waals surface area contributed by atoms with Crippen LogP contribution in [0.25, 0.3) is 0 Å². The number of methoxy groups -OCH3 is 1. The molecule has 0 radical (unpaired) electrons. The van der Waals surface area contributed by atoms with Gasteiger partial charge in [0, 0.05) is 10.2 Å². The lowest BCUT2D eigenvalue weighted by atomic mass is 9.96. The molecule has 0 fully saturated rings. The van der Waals surface area contributed by atoms with Crippen LogP contribution in [-0.4, -0.2) is 18.2 Å². The minimum atomic E-state index is -0.370. The Balaban J connectivity index is 2.49. The monoisotopic (exact) mass is 340 g/mol. The summed E-state index contributed by atoms with van der Waals surface area (Å²) in [6, 6.07) is 7.42. The van der Waals surface area contributed by atoms with Crippen LogP contribution in [0.3, 0.4) is 0 Å². The molecule has 4 nitrogen and oxygen atoms in total. The van der Waals surface area contributed by atoms with E-state index in [2.05, 4.69) is 26.6 Å². The second-order valence-electron chi connectivity index (χ2n) is 4.12. The molecule has 2 rings (SSSR count). The molecule has 0 saturated carbocycles. The van der Waals surface area contributed by atoms with Gasteiger partial charge < -0.3 is 15.4 Å². The summed E-state index contributed by atoms with van der Waals surface area (Å²) in [5.41, 5.74) is 2.19. The highest BCUT2D eigenvalue weighted by Crippen LogP contribution is 2.28. The molecule has 1 atom stereocenters. The number of carbonyl (C=O) groups is 1. The molecule has 1 aliphatic rings. The Morgan fingerprint density at radius 2 is 2.21 bits per heavy atom. The molecule has 0 amide bonds. The van der Waals surface area contributed by atoms with Crippen LogP contribution in [0, 0.1) is 0 Å². The SMILES string of the molecule is COC(=O)C1=C(C)NC(=S)NC1c1cccc(Br)c1. The van der Waals surface area contributed by atoms with Crippen LogP contribution in [0.2, 0.25) is 0 Å². The van der Waals surface area contributed by atoms with Crippen molar-refractivity contribution in [1.82, 2.24) is 10.6 Å². The predicted molar refractivity (Wildman–Crippen MR) is 80.5 cm³/mol. The Labute approximate surface area is 125 Å². The van der Waals surface area contributed by atoms with Gasteiger partial charge in [-0.15, -0.1) is 0 Å². The van der Waals surface area contributed by atoms with Crippen LogP contribution in [-0.2, 0) is 9.53 Å². The van der Waals surface area contributed by atoms with Gasteiger partial charge in [-0.25, -0.2) is 4.79 Å². The molecule has 100 valence electrons. The minimum absolute atomic E-state index is 0.307.